The number of aromatic nitrogens is 1. The Morgan fingerprint density at radius 3 is 2.50 bits per heavy atom. The molecule has 3 N–H and O–H groups in total. The summed E-state index contributed by atoms with van der Waals surface area (Å²) < 4.78 is 0. The summed E-state index contributed by atoms with van der Waals surface area (Å²) in [5, 5.41) is 5.38. The molecule has 0 radical (unpaired) electrons. The number of fused-ring (bicyclic) bond motifs is 1. The molecule has 2 heterocycles. The van der Waals surface area contributed by atoms with Crippen molar-refractivity contribution >= 4 is 29.1 Å². The van der Waals surface area contributed by atoms with Crippen LogP contribution in [-0.2, 0) is 6.42 Å². The molecule has 8 heteroatoms. The highest BCUT2D eigenvalue weighted by atomic mass is 32.1. The minimum Gasteiger partial charge on any atom is -0.351 e. The van der Waals surface area contributed by atoms with Crippen LogP contribution in [0.5, 0.6) is 0 Å². The molecule has 3 rings (SSSR count). The molecular formula is C18H20N4O3S. The molecule has 0 unspecified atom stereocenters. The van der Waals surface area contributed by atoms with Crippen LogP contribution in [0.4, 0.5) is 0 Å². The van der Waals surface area contributed by atoms with Gasteiger partial charge in [0.1, 0.15) is 5.69 Å². The Kier molecular flexibility index (Phi) is 5.75. The van der Waals surface area contributed by atoms with E-state index < -0.39 is 0 Å². The van der Waals surface area contributed by atoms with E-state index in [0.29, 0.717) is 55.7 Å². The van der Waals surface area contributed by atoms with Crippen molar-refractivity contribution in [3.63, 3.8) is 0 Å². The van der Waals surface area contributed by atoms with Gasteiger partial charge < -0.3 is 11.1 Å². The molecule has 1 aromatic carbocycles. The molecule has 1 aromatic heterocycles. The minimum absolute atomic E-state index is 0.217. The Balaban J connectivity index is 1.41. The van der Waals surface area contributed by atoms with Crippen LogP contribution in [0.15, 0.2) is 29.6 Å². The van der Waals surface area contributed by atoms with Gasteiger partial charge in [-0.25, -0.2) is 4.98 Å². The molecule has 0 atom stereocenters. The quantitative estimate of drug-likeness (QED) is 0.539. The molecule has 0 saturated heterocycles. The third-order valence-electron chi connectivity index (χ3n) is 4.11. The SMILES string of the molecule is NCCc1nc(C(=O)NCCCCN2C(=O)c3ccccc3C2=O)cs1. The lowest BCUT2D eigenvalue weighted by Gasteiger charge is -2.13. The number of imide groups is 1. The van der Waals surface area contributed by atoms with Gasteiger partial charge in [-0.1, -0.05) is 12.1 Å². The first kappa shape index (κ1) is 18.2. The second-order valence-corrected chi connectivity index (χ2v) is 6.88. The van der Waals surface area contributed by atoms with Crippen LogP contribution >= 0.6 is 11.3 Å². The molecule has 0 aliphatic carbocycles. The first-order chi connectivity index (χ1) is 12.6. The molecule has 2 aromatic rings. The number of rotatable bonds is 8. The average Bonchev–Trinajstić information content (AvgIpc) is 3.21. The van der Waals surface area contributed by atoms with Gasteiger partial charge in [-0.15, -0.1) is 11.3 Å². The summed E-state index contributed by atoms with van der Waals surface area (Å²) in [5.41, 5.74) is 6.80. The summed E-state index contributed by atoms with van der Waals surface area (Å²) in [5.74, 6) is -0.709. The molecule has 0 bridgehead atoms. The van der Waals surface area contributed by atoms with E-state index in [1.165, 1.54) is 16.2 Å². The van der Waals surface area contributed by atoms with E-state index in [-0.39, 0.29) is 17.7 Å². The normalized spacial score (nSPS) is 13.2. The second kappa shape index (κ2) is 8.20. The summed E-state index contributed by atoms with van der Waals surface area (Å²) in [6, 6.07) is 6.84. The van der Waals surface area contributed by atoms with Gasteiger partial charge in [0.2, 0.25) is 0 Å². The molecule has 3 amide bonds. The molecule has 0 saturated carbocycles. The number of carbonyl (C=O) groups excluding carboxylic acids is 3. The van der Waals surface area contributed by atoms with E-state index in [1.807, 2.05) is 0 Å². The van der Waals surface area contributed by atoms with E-state index in [9.17, 15) is 14.4 Å². The number of nitrogens with zero attached hydrogens (tertiary/aromatic N) is 2. The van der Waals surface area contributed by atoms with E-state index >= 15 is 0 Å². The van der Waals surface area contributed by atoms with Crippen LogP contribution in [0.2, 0.25) is 0 Å². The molecule has 1 aliphatic rings. The standard InChI is InChI=1S/C18H20N4O3S/c19-8-7-15-21-14(11-26-15)16(23)20-9-3-4-10-22-17(24)12-5-1-2-6-13(12)18(22)25/h1-2,5-6,11H,3-4,7-10,19H2,(H,20,23). The molecule has 26 heavy (non-hydrogen) atoms. The van der Waals surface area contributed by atoms with Gasteiger partial charge >= 0.3 is 0 Å². The zero-order chi connectivity index (χ0) is 18.5. The summed E-state index contributed by atoms with van der Waals surface area (Å²) in [4.78, 5) is 42.0. The number of hydrogen-bond acceptors (Lipinski definition) is 6. The van der Waals surface area contributed by atoms with Crippen molar-refractivity contribution in [3.8, 4) is 0 Å². The number of thiazole rings is 1. The van der Waals surface area contributed by atoms with Crippen LogP contribution in [0.3, 0.4) is 0 Å². The fourth-order valence-electron chi connectivity index (χ4n) is 2.78. The fourth-order valence-corrected chi connectivity index (χ4v) is 3.58. The number of unbranched alkanes of at least 4 members (excludes halogenated alkanes) is 1. The van der Waals surface area contributed by atoms with Crippen molar-refractivity contribution in [2.45, 2.75) is 19.3 Å². The van der Waals surface area contributed by atoms with Crippen molar-refractivity contribution in [3.05, 3.63) is 51.5 Å². The van der Waals surface area contributed by atoms with Gasteiger partial charge in [0, 0.05) is 24.9 Å². The highest BCUT2D eigenvalue weighted by Crippen LogP contribution is 2.22. The van der Waals surface area contributed by atoms with E-state index in [0.717, 1.165) is 5.01 Å². The van der Waals surface area contributed by atoms with Gasteiger partial charge in [0.15, 0.2) is 0 Å². The monoisotopic (exact) mass is 372 g/mol. The van der Waals surface area contributed by atoms with E-state index in [4.69, 9.17) is 5.73 Å². The Hall–Kier alpha value is -2.58. The van der Waals surface area contributed by atoms with Crippen molar-refractivity contribution in [2.75, 3.05) is 19.6 Å². The number of carbonyl (C=O) groups is 3. The molecule has 1 aliphatic heterocycles. The maximum absolute atomic E-state index is 12.2. The second-order valence-electron chi connectivity index (χ2n) is 5.94. The Labute approximate surface area is 155 Å². The first-order valence-corrected chi connectivity index (χ1v) is 9.37. The van der Waals surface area contributed by atoms with Crippen LogP contribution in [0.25, 0.3) is 0 Å². The van der Waals surface area contributed by atoms with E-state index in [2.05, 4.69) is 10.3 Å². The lowest BCUT2D eigenvalue weighted by atomic mass is 10.1. The number of nitrogens with one attached hydrogen (secondary N) is 1. The Morgan fingerprint density at radius 1 is 1.15 bits per heavy atom. The van der Waals surface area contributed by atoms with Crippen molar-refractivity contribution in [1.82, 2.24) is 15.2 Å². The Morgan fingerprint density at radius 2 is 1.85 bits per heavy atom. The minimum atomic E-state index is -0.246. The smallest absolute Gasteiger partial charge is 0.270 e. The van der Waals surface area contributed by atoms with Crippen molar-refractivity contribution in [2.24, 2.45) is 5.73 Å². The largest absolute Gasteiger partial charge is 0.351 e. The van der Waals surface area contributed by atoms with Crippen LogP contribution in [0, 0.1) is 0 Å². The van der Waals surface area contributed by atoms with Gasteiger partial charge in [-0.3, -0.25) is 19.3 Å². The maximum Gasteiger partial charge on any atom is 0.270 e. The van der Waals surface area contributed by atoms with Crippen LogP contribution < -0.4 is 11.1 Å². The third-order valence-corrected chi connectivity index (χ3v) is 5.02. The van der Waals surface area contributed by atoms with Crippen molar-refractivity contribution in [1.29, 1.82) is 0 Å². The molecule has 0 spiro atoms. The van der Waals surface area contributed by atoms with Crippen LogP contribution in [-0.4, -0.2) is 47.2 Å². The number of amides is 3. The van der Waals surface area contributed by atoms with Gasteiger partial charge in [-0.05, 0) is 31.5 Å². The summed E-state index contributed by atoms with van der Waals surface area (Å²) in [6.07, 6.45) is 1.96. The molecule has 136 valence electrons. The first-order valence-electron chi connectivity index (χ1n) is 8.49. The predicted octanol–water partition coefficient (Wildman–Crippen LogP) is 1.45. The zero-order valence-electron chi connectivity index (χ0n) is 14.2. The third kappa shape index (κ3) is 3.81. The zero-order valence-corrected chi connectivity index (χ0v) is 15.1. The highest BCUT2D eigenvalue weighted by Gasteiger charge is 2.34. The molecule has 7 nitrogen and oxygen atoms in total. The number of nitrogens with two attached hydrogens (primary N) is 1. The summed E-state index contributed by atoms with van der Waals surface area (Å²) in [7, 11) is 0. The maximum atomic E-state index is 12.2. The fraction of sp³-hybridized carbons (Fsp3) is 0.333. The topological polar surface area (TPSA) is 105 Å². The van der Waals surface area contributed by atoms with Gasteiger partial charge in [-0.2, -0.15) is 0 Å². The van der Waals surface area contributed by atoms with Crippen molar-refractivity contribution < 1.29 is 14.4 Å². The number of hydrogen-bond donors (Lipinski definition) is 2. The lowest BCUT2D eigenvalue weighted by Crippen LogP contribution is -2.31. The van der Waals surface area contributed by atoms with Gasteiger partial charge in [0.05, 0.1) is 16.1 Å². The average molecular weight is 372 g/mol. The predicted molar refractivity (Wildman–Crippen MR) is 98.2 cm³/mol. The highest BCUT2D eigenvalue weighted by molar-refractivity contribution is 7.09. The molecule has 0 fully saturated rings. The van der Waals surface area contributed by atoms with Crippen LogP contribution in [0.1, 0.15) is 49.1 Å². The summed E-state index contributed by atoms with van der Waals surface area (Å²) >= 11 is 1.42. The lowest BCUT2D eigenvalue weighted by molar-refractivity contribution is 0.0650. The number of benzene rings is 1. The van der Waals surface area contributed by atoms with Gasteiger partial charge in [0.25, 0.3) is 17.7 Å². The Bertz CT molecular complexity index is 798. The summed E-state index contributed by atoms with van der Waals surface area (Å²) in [6.45, 7) is 1.32. The van der Waals surface area contributed by atoms with E-state index in [1.54, 1.807) is 29.6 Å². The molecular weight excluding hydrogens is 352 g/mol.